The van der Waals surface area contributed by atoms with Gasteiger partial charge in [0.1, 0.15) is 0 Å². The Bertz CT molecular complexity index is 878. The van der Waals surface area contributed by atoms with Crippen molar-refractivity contribution < 1.29 is 9.90 Å². The number of hydrogen-bond donors (Lipinski definition) is 3. The topological polar surface area (TPSA) is 131 Å². The van der Waals surface area contributed by atoms with Crippen molar-refractivity contribution in [3.63, 3.8) is 0 Å². The Morgan fingerprint density at radius 1 is 1.18 bits per heavy atom. The highest BCUT2D eigenvalue weighted by atomic mass is 16.4. The van der Waals surface area contributed by atoms with Crippen molar-refractivity contribution in [2.24, 2.45) is 11.7 Å². The maximum atomic E-state index is 11.8. The van der Waals surface area contributed by atoms with Gasteiger partial charge in [0.25, 0.3) is 0 Å². The minimum Gasteiger partial charge on any atom is -0.481 e. The molecule has 0 radical (unpaired) electrons. The van der Waals surface area contributed by atoms with E-state index < -0.39 is 11.9 Å². The first kappa shape index (κ1) is 19.6. The Balaban J connectivity index is 1.81. The first-order chi connectivity index (χ1) is 13.6. The number of nitrogens with one attached hydrogen (secondary N) is 1. The largest absolute Gasteiger partial charge is 0.481 e. The fraction of sp³-hybridized carbons (Fsp3) is 0.350. The molecule has 0 aliphatic heterocycles. The number of aliphatic carboxylic acids is 1. The van der Waals surface area contributed by atoms with E-state index in [1.165, 1.54) is 0 Å². The molecule has 0 aliphatic rings. The summed E-state index contributed by atoms with van der Waals surface area (Å²) in [5.74, 6) is -1.26. The number of H-pyrrole nitrogens is 1. The molecule has 4 N–H and O–H groups in total. The SMILES string of the molecule is CCCC(C(=O)O)[C@H](Cc1ccc(-c2ccc(CN)cc2)nc1)c1nnn[nH]1. The van der Waals surface area contributed by atoms with E-state index in [4.69, 9.17) is 5.73 Å². The van der Waals surface area contributed by atoms with Crippen LogP contribution in [0.15, 0.2) is 42.6 Å². The first-order valence-electron chi connectivity index (χ1n) is 9.33. The lowest BCUT2D eigenvalue weighted by atomic mass is 9.83. The Labute approximate surface area is 163 Å². The number of carbonyl (C=O) groups is 1. The van der Waals surface area contributed by atoms with E-state index in [9.17, 15) is 9.90 Å². The van der Waals surface area contributed by atoms with Crippen LogP contribution in [-0.4, -0.2) is 36.7 Å². The second-order valence-corrected chi connectivity index (χ2v) is 6.78. The minimum atomic E-state index is -0.840. The van der Waals surface area contributed by atoms with Crippen LogP contribution in [0.3, 0.4) is 0 Å². The number of rotatable bonds is 9. The van der Waals surface area contributed by atoms with Gasteiger partial charge in [-0.25, -0.2) is 5.10 Å². The third-order valence-electron chi connectivity index (χ3n) is 4.88. The van der Waals surface area contributed by atoms with E-state index in [1.54, 1.807) is 6.20 Å². The Hall–Kier alpha value is -3.13. The molecule has 8 heteroatoms. The van der Waals surface area contributed by atoms with Crippen molar-refractivity contribution in [1.29, 1.82) is 0 Å². The molecule has 3 rings (SSSR count). The Kier molecular flexibility index (Phi) is 6.44. The third-order valence-corrected chi connectivity index (χ3v) is 4.88. The fourth-order valence-electron chi connectivity index (χ4n) is 3.34. The molecule has 0 saturated carbocycles. The normalized spacial score (nSPS) is 13.2. The molecule has 0 aliphatic carbocycles. The van der Waals surface area contributed by atoms with Crippen LogP contribution in [-0.2, 0) is 17.8 Å². The second-order valence-electron chi connectivity index (χ2n) is 6.78. The molecule has 146 valence electrons. The van der Waals surface area contributed by atoms with Crippen LogP contribution < -0.4 is 5.73 Å². The number of pyridine rings is 1. The van der Waals surface area contributed by atoms with Crippen LogP contribution in [0.5, 0.6) is 0 Å². The van der Waals surface area contributed by atoms with Crippen molar-refractivity contribution in [3.05, 3.63) is 59.5 Å². The zero-order chi connectivity index (χ0) is 19.9. The molecule has 0 saturated heterocycles. The molecular weight excluding hydrogens is 356 g/mol. The average molecular weight is 380 g/mol. The van der Waals surface area contributed by atoms with Crippen molar-refractivity contribution in [3.8, 4) is 11.3 Å². The zero-order valence-electron chi connectivity index (χ0n) is 15.7. The lowest BCUT2D eigenvalue weighted by Crippen LogP contribution is -2.25. The summed E-state index contributed by atoms with van der Waals surface area (Å²) in [7, 11) is 0. The number of tetrazole rings is 1. The van der Waals surface area contributed by atoms with Crippen LogP contribution in [0.25, 0.3) is 11.3 Å². The Morgan fingerprint density at radius 2 is 1.93 bits per heavy atom. The predicted octanol–water partition coefficient (Wildman–Crippen LogP) is 2.55. The smallest absolute Gasteiger partial charge is 0.307 e. The lowest BCUT2D eigenvalue weighted by Gasteiger charge is -2.21. The van der Waals surface area contributed by atoms with Gasteiger partial charge < -0.3 is 10.8 Å². The summed E-state index contributed by atoms with van der Waals surface area (Å²) in [6, 6.07) is 11.9. The second kappa shape index (κ2) is 9.18. The summed E-state index contributed by atoms with van der Waals surface area (Å²) < 4.78 is 0. The maximum absolute atomic E-state index is 11.8. The zero-order valence-corrected chi connectivity index (χ0v) is 15.7. The standard InChI is InChI=1S/C20H24N6O2/c1-2-3-16(20(27)28)17(19-23-25-26-24-19)10-14-6-9-18(22-12-14)15-7-4-13(11-21)5-8-15/h4-9,12,16-17H,2-3,10-11,21H2,1H3,(H,27,28)(H,23,24,25,26)/t16?,17-/m0/s1. The monoisotopic (exact) mass is 380 g/mol. The summed E-state index contributed by atoms with van der Waals surface area (Å²) in [4.78, 5) is 16.3. The predicted molar refractivity (Wildman–Crippen MR) is 104 cm³/mol. The molecule has 0 spiro atoms. The molecule has 0 bridgehead atoms. The number of carboxylic acid groups (broad SMARTS) is 1. The average Bonchev–Trinajstić information content (AvgIpc) is 3.25. The van der Waals surface area contributed by atoms with Gasteiger partial charge in [0.05, 0.1) is 11.6 Å². The van der Waals surface area contributed by atoms with E-state index in [2.05, 4.69) is 25.6 Å². The molecule has 1 aromatic carbocycles. The number of nitrogens with zero attached hydrogens (tertiary/aromatic N) is 4. The molecule has 2 heterocycles. The number of nitrogens with two attached hydrogens (primary N) is 1. The van der Waals surface area contributed by atoms with Gasteiger partial charge in [-0.3, -0.25) is 9.78 Å². The molecule has 3 aromatic rings. The van der Waals surface area contributed by atoms with Crippen LogP contribution in [0, 0.1) is 5.92 Å². The molecule has 8 nitrogen and oxygen atoms in total. The van der Waals surface area contributed by atoms with Gasteiger partial charge in [0.2, 0.25) is 0 Å². The van der Waals surface area contributed by atoms with E-state index in [0.717, 1.165) is 28.8 Å². The van der Waals surface area contributed by atoms with Gasteiger partial charge in [-0.1, -0.05) is 43.7 Å². The van der Waals surface area contributed by atoms with Gasteiger partial charge in [-0.05, 0) is 40.5 Å². The Morgan fingerprint density at radius 3 is 2.46 bits per heavy atom. The van der Waals surface area contributed by atoms with Crippen molar-refractivity contribution in [1.82, 2.24) is 25.6 Å². The van der Waals surface area contributed by atoms with Crippen LogP contribution in [0.2, 0.25) is 0 Å². The van der Waals surface area contributed by atoms with E-state index >= 15 is 0 Å². The molecule has 1 unspecified atom stereocenters. The number of aromatic nitrogens is 5. The third kappa shape index (κ3) is 4.58. The molecule has 0 fully saturated rings. The highest BCUT2D eigenvalue weighted by Crippen LogP contribution is 2.30. The molecule has 0 amide bonds. The molecule has 2 atom stereocenters. The van der Waals surface area contributed by atoms with Gasteiger partial charge in [0, 0.05) is 24.2 Å². The lowest BCUT2D eigenvalue weighted by molar-refractivity contribution is -0.142. The van der Waals surface area contributed by atoms with Gasteiger partial charge in [-0.2, -0.15) is 0 Å². The maximum Gasteiger partial charge on any atom is 0.307 e. The molecule has 2 aromatic heterocycles. The number of hydrogen-bond acceptors (Lipinski definition) is 6. The highest BCUT2D eigenvalue weighted by molar-refractivity contribution is 5.71. The van der Waals surface area contributed by atoms with Crippen LogP contribution >= 0.6 is 0 Å². The molecular formula is C20H24N6O2. The highest BCUT2D eigenvalue weighted by Gasteiger charge is 2.31. The van der Waals surface area contributed by atoms with Gasteiger partial charge in [0.15, 0.2) is 5.82 Å². The molecule has 28 heavy (non-hydrogen) atoms. The van der Waals surface area contributed by atoms with E-state index in [0.29, 0.717) is 25.2 Å². The van der Waals surface area contributed by atoms with Crippen LogP contribution in [0.4, 0.5) is 0 Å². The summed E-state index contributed by atoms with van der Waals surface area (Å²) >= 11 is 0. The van der Waals surface area contributed by atoms with Crippen molar-refractivity contribution in [2.75, 3.05) is 0 Å². The summed E-state index contributed by atoms with van der Waals surface area (Å²) in [6.45, 7) is 2.48. The summed E-state index contributed by atoms with van der Waals surface area (Å²) in [6.07, 6.45) is 3.60. The van der Waals surface area contributed by atoms with Crippen LogP contribution in [0.1, 0.15) is 42.6 Å². The number of benzene rings is 1. The number of aromatic amines is 1. The van der Waals surface area contributed by atoms with E-state index in [1.807, 2.05) is 43.3 Å². The summed E-state index contributed by atoms with van der Waals surface area (Å²) in [5, 5.41) is 23.6. The van der Waals surface area contributed by atoms with Gasteiger partial charge in [-0.15, -0.1) is 5.10 Å². The first-order valence-corrected chi connectivity index (χ1v) is 9.33. The van der Waals surface area contributed by atoms with Crippen molar-refractivity contribution in [2.45, 2.75) is 38.6 Å². The summed E-state index contributed by atoms with van der Waals surface area (Å²) in [5.41, 5.74) is 9.51. The van der Waals surface area contributed by atoms with E-state index in [-0.39, 0.29) is 5.92 Å². The number of carboxylic acids is 1. The van der Waals surface area contributed by atoms with Crippen molar-refractivity contribution >= 4 is 5.97 Å². The quantitative estimate of drug-likeness (QED) is 0.520. The fourth-order valence-corrected chi connectivity index (χ4v) is 3.34. The van der Waals surface area contributed by atoms with Gasteiger partial charge >= 0.3 is 5.97 Å². The minimum absolute atomic E-state index is 0.344.